The number of nitrogens with one attached hydrogen (secondary N) is 2. The molecule has 33 heavy (non-hydrogen) atoms. The predicted molar refractivity (Wildman–Crippen MR) is 121 cm³/mol. The molecule has 10 heteroatoms. The molecule has 0 atom stereocenters. The summed E-state index contributed by atoms with van der Waals surface area (Å²) >= 11 is 0. The van der Waals surface area contributed by atoms with Crippen molar-refractivity contribution in [1.82, 2.24) is 19.8 Å². The van der Waals surface area contributed by atoms with Crippen LogP contribution in [-0.4, -0.2) is 70.5 Å². The van der Waals surface area contributed by atoms with Crippen LogP contribution in [0.5, 0.6) is 11.5 Å². The Bertz CT molecular complexity index is 1130. The molecule has 1 aliphatic heterocycles. The van der Waals surface area contributed by atoms with Gasteiger partial charge in [0.1, 0.15) is 24.0 Å². The second-order valence-corrected chi connectivity index (χ2v) is 7.86. The summed E-state index contributed by atoms with van der Waals surface area (Å²) in [7, 11) is 0. The number of amides is 2. The van der Waals surface area contributed by atoms with Gasteiger partial charge in [0.25, 0.3) is 0 Å². The minimum Gasteiger partial charge on any atom is -0.457 e. The van der Waals surface area contributed by atoms with E-state index in [2.05, 4.69) is 15.6 Å². The fourth-order valence-electron chi connectivity index (χ4n) is 3.74. The van der Waals surface area contributed by atoms with Crippen LogP contribution in [0.1, 0.15) is 12.8 Å². The van der Waals surface area contributed by atoms with Crippen molar-refractivity contribution < 1.29 is 23.8 Å². The molecule has 2 aromatic heterocycles. The van der Waals surface area contributed by atoms with Crippen molar-refractivity contribution in [1.29, 1.82) is 0 Å². The monoisotopic (exact) mass is 455 g/mol. The second kappa shape index (κ2) is 10.4. The van der Waals surface area contributed by atoms with Gasteiger partial charge in [0.05, 0.1) is 18.2 Å². The van der Waals surface area contributed by atoms with Gasteiger partial charge in [-0.25, -0.2) is 14.2 Å². The number of anilines is 1. The average molecular weight is 455 g/mol. The van der Waals surface area contributed by atoms with Crippen LogP contribution >= 0.6 is 0 Å². The van der Waals surface area contributed by atoms with Crippen molar-refractivity contribution in [3.8, 4) is 11.5 Å². The Balaban J connectivity index is 1.38. The van der Waals surface area contributed by atoms with Gasteiger partial charge in [-0.15, -0.1) is 0 Å². The van der Waals surface area contributed by atoms with Crippen molar-refractivity contribution in [2.75, 3.05) is 38.2 Å². The van der Waals surface area contributed by atoms with Crippen molar-refractivity contribution in [2.24, 2.45) is 0 Å². The first-order valence-electron chi connectivity index (χ1n) is 10.8. The Hall–Kier alpha value is -3.50. The van der Waals surface area contributed by atoms with Gasteiger partial charge in [-0.3, -0.25) is 14.3 Å². The standard InChI is InChI=1S/C23H26FN5O4/c24-7-9-26-23(32)29-12-4-16-13-18(1-2-20(16)29)33-19-3-8-25-21(14-19)27-22(31)15-28-10-5-17(30)6-11-28/h1-4,8,12-14,17,30H,5-7,9-11,15H2,(H,26,32)(H,25,27,31). The zero-order valence-electron chi connectivity index (χ0n) is 18.0. The molecule has 1 saturated heterocycles. The van der Waals surface area contributed by atoms with E-state index >= 15 is 0 Å². The lowest BCUT2D eigenvalue weighted by Crippen LogP contribution is -2.40. The van der Waals surface area contributed by atoms with E-state index in [9.17, 15) is 19.1 Å². The molecule has 3 aromatic rings. The summed E-state index contributed by atoms with van der Waals surface area (Å²) in [5.74, 6) is 1.26. The highest BCUT2D eigenvalue weighted by molar-refractivity contribution is 5.92. The fourth-order valence-corrected chi connectivity index (χ4v) is 3.74. The van der Waals surface area contributed by atoms with Gasteiger partial charge in [0.2, 0.25) is 5.91 Å². The number of hydrogen-bond acceptors (Lipinski definition) is 6. The zero-order chi connectivity index (χ0) is 23.2. The molecule has 3 N–H and O–H groups in total. The zero-order valence-corrected chi connectivity index (χ0v) is 18.0. The van der Waals surface area contributed by atoms with Gasteiger partial charge in [-0.1, -0.05) is 0 Å². The largest absolute Gasteiger partial charge is 0.457 e. The first-order valence-corrected chi connectivity index (χ1v) is 10.8. The van der Waals surface area contributed by atoms with Crippen LogP contribution in [0.3, 0.4) is 0 Å². The average Bonchev–Trinajstić information content (AvgIpc) is 3.22. The molecule has 4 rings (SSSR count). The van der Waals surface area contributed by atoms with Gasteiger partial charge < -0.3 is 20.5 Å². The number of pyridine rings is 1. The van der Waals surface area contributed by atoms with Crippen LogP contribution < -0.4 is 15.4 Å². The molecule has 1 fully saturated rings. The Labute approximate surface area is 190 Å². The summed E-state index contributed by atoms with van der Waals surface area (Å²) < 4.78 is 19.6. The first-order chi connectivity index (χ1) is 16.0. The van der Waals surface area contributed by atoms with Crippen LogP contribution in [0.25, 0.3) is 10.9 Å². The number of aromatic nitrogens is 2. The van der Waals surface area contributed by atoms with Gasteiger partial charge in [-0.2, -0.15) is 0 Å². The minimum atomic E-state index is -0.625. The van der Waals surface area contributed by atoms with E-state index in [-0.39, 0.29) is 25.1 Å². The molecule has 0 bridgehead atoms. The topological polar surface area (TPSA) is 109 Å². The molecule has 1 aromatic carbocycles. The molecule has 9 nitrogen and oxygen atoms in total. The molecule has 174 valence electrons. The molecule has 1 aliphatic rings. The molecule has 0 spiro atoms. The lowest BCUT2D eigenvalue weighted by Gasteiger charge is -2.28. The van der Waals surface area contributed by atoms with E-state index in [0.717, 1.165) is 5.39 Å². The molecule has 0 unspecified atom stereocenters. The molecule has 2 amide bonds. The number of benzene rings is 1. The highest BCUT2D eigenvalue weighted by Gasteiger charge is 2.19. The number of carbonyl (C=O) groups is 2. The normalized spacial score (nSPS) is 14.8. The van der Waals surface area contributed by atoms with Crippen LogP contribution in [0, 0.1) is 0 Å². The van der Waals surface area contributed by atoms with Crippen molar-refractivity contribution in [3.05, 3.63) is 48.8 Å². The highest BCUT2D eigenvalue weighted by Crippen LogP contribution is 2.27. The maximum absolute atomic E-state index is 12.3. The first kappa shape index (κ1) is 22.7. The number of hydrogen-bond donors (Lipinski definition) is 3. The lowest BCUT2D eigenvalue weighted by atomic mass is 10.1. The maximum atomic E-state index is 12.3. The number of aliphatic hydroxyl groups excluding tert-OH is 1. The van der Waals surface area contributed by atoms with E-state index in [1.165, 1.54) is 4.57 Å². The SMILES string of the molecule is O=C(CN1CCC(O)CC1)Nc1cc(Oc2ccc3c(ccn3C(=O)NCCF)c2)ccn1. The predicted octanol–water partition coefficient (Wildman–Crippen LogP) is 2.75. The Morgan fingerprint density at radius 2 is 1.94 bits per heavy atom. The molecular formula is C23H26FN5O4. The molecular weight excluding hydrogens is 429 g/mol. The van der Waals surface area contributed by atoms with E-state index in [1.54, 1.807) is 48.8 Å². The third-order valence-corrected chi connectivity index (χ3v) is 5.41. The summed E-state index contributed by atoms with van der Waals surface area (Å²) in [5.41, 5.74) is 0.673. The van der Waals surface area contributed by atoms with Gasteiger partial charge in [0, 0.05) is 43.5 Å². The van der Waals surface area contributed by atoms with E-state index < -0.39 is 12.7 Å². The lowest BCUT2D eigenvalue weighted by molar-refractivity contribution is -0.117. The summed E-state index contributed by atoms with van der Waals surface area (Å²) in [6.07, 6.45) is 4.23. The van der Waals surface area contributed by atoms with E-state index in [0.29, 0.717) is 48.8 Å². The van der Waals surface area contributed by atoms with Gasteiger partial charge >= 0.3 is 6.03 Å². The van der Waals surface area contributed by atoms with Crippen LogP contribution in [0.15, 0.2) is 48.8 Å². The molecule has 0 aliphatic carbocycles. The molecule has 0 saturated carbocycles. The number of rotatable bonds is 7. The second-order valence-electron chi connectivity index (χ2n) is 7.86. The number of halogens is 1. The number of likely N-dealkylation sites (tertiary alicyclic amines) is 1. The smallest absolute Gasteiger partial charge is 0.326 e. The Morgan fingerprint density at radius 1 is 1.15 bits per heavy atom. The fraction of sp³-hybridized carbons (Fsp3) is 0.348. The van der Waals surface area contributed by atoms with Gasteiger partial charge in [-0.05, 0) is 43.2 Å². The summed E-state index contributed by atoms with van der Waals surface area (Å²) in [4.78, 5) is 30.6. The number of piperidine rings is 1. The number of fused-ring (bicyclic) bond motifs is 1. The van der Waals surface area contributed by atoms with Gasteiger partial charge in [0.15, 0.2) is 0 Å². The summed E-state index contributed by atoms with van der Waals surface area (Å²) in [6, 6.07) is 9.96. The Kier molecular flexibility index (Phi) is 7.16. The van der Waals surface area contributed by atoms with Crippen molar-refractivity contribution in [2.45, 2.75) is 18.9 Å². The van der Waals surface area contributed by atoms with Crippen LogP contribution in [0.2, 0.25) is 0 Å². The molecule has 3 heterocycles. The quantitative estimate of drug-likeness (QED) is 0.506. The van der Waals surface area contributed by atoms with E-state index in [1.807, 2.05) is 4.90 Å². The highest BCUT2D eigenvalue weighted by atomic mass is 19.1. The van der Waals surface area contributed by atoms with Crippen molar-refractivity contribution >= 4 is 28.7 Å². The third kappa shape index (κ3) is 5.85. The number of aliphatic hydroxyl groups is 1. The number of alkyl halides is 1. The summed E-state index contributed by atoms with van der Waals surface area (Å²) in [5, 5.41) is 15.6. The van der Waals surface area contributed by atoms with Crippen LogP contribution in [0.4, 0.5) is 15.0 Å². The Morgan fingerprint density at radius 3 is 2.73 bits per heavy atom. The van der Waals surface area contributed by atoms with E-state index in [4.69, 9.17) is 4.74 Å². The van der Waals surface area contributed by atoms with Crippen molar-refractivity contribution in [3.63, 3.8) is 0 Å². The maximum Gasteiger partial charge on any atom is 0.326 e. The molecule has 0 radical (unpaired) electrons. The summed E-state index contributed by atoms with van der Waals surface area (Å²) in [6.45, 7) is 0.952. The third-order valence-electron chi connectivity index (χ3n) is 5.41. The van der Waals surface area contributed by atoms with Crippen LogP contribution in [-0.2, 0) is 4.79 Å². The number of nitrogens with zero attached hydrogens (tertiary/aromatic N) is 3. The minimum absolute atomic E-state index is 0.0399. The number of carbonyl (C=O) groups excluding carboxylic acids is 2. The number of ether oxygens (including phenoxy) is 1.